The van der Waals surface area contributed by atoms with Crippen LogP contribution in [-0.4, -0.2) is 69.2 Å². The summed E-state index contributed by atoms with van der Waals surface area (Å²) in [7, 11) is -1.98. The summed E-state index contributed by atoms with van der Waals surface area (Å²) in [5, 5.41) is 3.08. The molecule has 0 saturated carbocycles. The molecule has 0 unspecified atom stereocenters. The fourth-order valence-electron chi connectivity index (χ4n) is 3.50. The smallest absolute Gasteiger partial charge is 0.285 e. The van der Waals surface area contributed by atoms with Gasteiger partial charge in [-0.3, -0.25) is 9.69 Å². The van der Waals surface area contributed by atoms with E-state index in [2.05, 4.69) is 34.5 Å². The molecule has 0 spiro atoms. The second-order valence-corrected chi connectivity index (χ2v) is 9.24. The largest absolute Gasteiger partial charge is 0.352 e. The van der Waals surface area contributed by atoms with Crippen molar-refractivity contribution in [2.45, 2.75) is 37.6 Å². The molecule has 1 N–H and O–H groups in total. The second-order valence-electron chi connectivity index (χ2n) is 7.67. The Kier molecular flexibility index (Phi) is 6.20. The molecule has 0 aliphatic carbocycles. The number of carbonyl (C=O) groups excluding carboxylic acids is 1. The van der Waals surface area contributed by atoms with Gasteiger partial charge in [0.15, 0.2) is 5.84 Å². The molecule has 2 heterocycles. The van der Waals surface area contributed by atoms with Crippen molar-refractivity contribution < 1.29 is 13.2 Å². The number of fused-ring (bicyclic) bond motifs is 1. The lowest BCUT2D eigenvalue weighted by atomic mass is 10.0. The average molecular weight is 405 g/mol. The fraction of sp³-hybridized carbons (Fsp3) is 0.500. The van der Waals surface area contributed by atoms with E-state index in [1.54, 1.807) is 30.1 Å². The van der Waals surface area contributed by atoms with Gasteiger partial charge >= 0.3 is 0 Å². The molecule has 7 nitrogen and oxygen atoms in total. The summed E-state index contributed by atoms with van der Waals surface area (Å²) >= 11 is 0. The number of nitrogens with zero attached hydrogens (tertiary/aromatic N) is 3. The van der Waals surface area contributed by atoms with E-state index in [0.717, 1.165) is 32.5 Å². The SMILES string of the molecule is CC(C)=CCN1CCC(NC(=O)CN(C)C2=NS(=O)(=O)c3ccccc32)CC1. The number of rotatable bonds is 5. The molecule has 2 aliphatic rings. The summed E-state index contributed by atoms with van der Waals surface area (Å²) in [5.41, 5.74) is 1.86. The van der Waals surface area contributed by atoms with Crippen molar-refractivity contribution >= 4 is 21.8 Å². The summed E-state index contributed by atoms with van der Waals surface area (Å²) in [5.74, 6) is 0.206. The number of amides is 1. The maximum absolute atomic E-state index is 12.5. The Morgan fingerprint density at radius 3 is 2.64 bits per heavy atom. The lowest BCUT2D eigenvalue weighted by molar-refractivity contribution is -0.122. The van der Waals surface area contributed by atoms with Crippen molar-refractivity contribution in [3.05, 3.63) is 41.5 Å². The lowest BCUT2D eigenvalue weighted by Gasteiger charge is -2.32. The molecule has 28 heavy (non-hydrogen) atoms. The maximum Gasteiger partial charge on any atom is 0.285 e. The van der Waals surface area contributed by atoms with Crippen LogP contribution in [0.15, 0.2) is 45.2 Å². The number of hydrogen-bond donors (Lipinski definition) is 1. The molecule has 152 valence electrons. The van der Waals surface area contributed by atoms with Gasteiger partial charge in [-0.15, -0.1) is 4.40 Å². The first kappa shape index (κ1) is 20.5. The maximum atomic E-state index is 12.5. The molecule has 1 amide bonds. The van der Waals surface area contributed by atoms with E-state index >= 15 is 0 Å². The minimum Gasteiger partial charge on any atom is -0.352 e. The summed E-state index contributed by atoms with van der Waals surface area (Å²) in [6.45, 7) is 7.15. The number of likely N-dealkylation sites (tertiary alicyclic amines) is 1. The van der Waals surface area contributed by atoms with E-state index < -0.39 is 10.0 Å². The Labute approximate surface area is 167 Å². The molecule has 1 aromatic rings. The highest BCUT2D eigenvalue weighted by atomic mass is 32.2. The van der Waals surface area contributed by atoms with E-state index in [1.807, 2.05) is 0 Å². The second kappa shape index (κ2) is 8.45. The highest BCUT2D eigenvalue weighted by Gasteiger charge is 2.31. The molecule has 0 bridgehead atoms. The first-order valence-electron chi connectivity index (χ1n) is 9.57. The first-order valence-corrected chi connectivity index (χ1v) is 11.0. The number of sulfonamides is 1. The average Bonchev–Trinajstić information content (AvgIpc) is 2.93. The van der Waals surface area contributed by atoms with Gasteiger partial charge in [-0.05, 0) is 38.8 Å². The van der Waals surface area contributed by atoms with E-state index in [0.29, 0.717) is 11.4 Å². The van der Waals surface area contributed by atoms with Crippen molar-refractivity contribution in [1.29, 1.82) is 0 Å². The van der Waals surface area contributed by atoms with E-state index in [1.165, 1.54) is 11.6 Å². The van der Waals surface area contributed by atoms with Gasteiger partial charge in [0.2, 0.25) is 5.91 Å². The Hall–Kier alpha value is -2.19. The van der Waals surface area contributed by atoms with Crippen LogP contribution in [-0.2, 0) is 14.8 Å². The zero-order valence-corrected chi connectivity index (χ0v) is 17.5. The number of carbonyl (C=O) groups is 1. The van der Waals surface area contributed by atoms with Gasteiger partial charge in [0, 0.05) is 38.3 Å². The summed E-state index contributed by atoms with van der Waals surface area (Å²) < 4.78 is 28.2. The van der Waals surface area contributed by atoms with E-state index in [9.17, 15) is 13.2 Å². The fourth-order valence-corrected chi connectivity index (χ4v) is 4.75. The van der Waals surface area contributed by atoms with Crippen molar-refractivity contribution in [2.24, 2.45) is 4.40 Å². The summed E-state index contributed by atoms with van der Waals surface area (Å²) in [4.78, 5) is 16.6. The Bertz CT molecular complexity index is 896. The van der Waals surface area contributed by atoms with Crippen molar-refractivity contribution in [3.63, 3.8) is 0 Å². The minimum atomic E-state index is -3.68. The van der Waals surface area contributed by atoms with Crippen LogP contribution in [0.2, 0.25) is 0 Å². The van der Waals surface area contributed by atoms with Gasteiger partial charge in [-0.25, -0.2) is 0 Å². The highest BCUT2D eigenvalue weighted by molar-refractivity contribution is 7.90. The molecule has 1 aromatic carbocycles. The third-order valence-electron chi connectivity index (χ3n) is 5.07. The van der Waals surface area contributed by atoms with Gasteiger partial charge < -0.3 is 10.2 Å². The number of benzene rings is 1. The predicted molar refractivity (Wildman–Crippen MR) is 110 cm³/mol. The Morgan fingerprint density at radius 1 is 1.29 bits per heavy atom. The van der Waals surface area contributed by atoms with Crippen LogP contribution in [0.1, 0.15) is 32.3 Å². The van der Waals surface area contributed by atoms with Gasteiger partial charge in [-0.1, -0.05) is 23.8 Å². The predicted octanol–water partition coefficient (Wildman–Crippen LogP) is 1.61. The van der Waals surface area contributed by atoms with Crippen LogP contribution in [0.4, 0.5) is 0 Å². The molecule has 0 aromatic heterocycles. The summed E-state index contributed by atoms with van der Waals surface area (Å²) in [6.07, 6.45) is 4.07. The Morgan fingerprint density at radius 2 is 1.96 bits per heavy atom. The zero-order chi connectivity index (χ0) is 20.3. The molecule has 0 radical (unpaired) electrons. The molecular formula is C20H28N4O3S. The first-order chi connectivity index (χ1) is 13.3. The third kappa shape index (κ3) is 4.80. The number of hydrogen-bond acceptors (Lipinski definition) is 5. The molecule has 2 aliphatic heterocycles. The molecule has 3 rings (SSSR count). The van der Waals surface area contributed by atoms with Crippen LogP contribution >= 0.6 is 0 Å². The molecule has 1 fully saturated rings. The zero-order valence-electron chi connectivity index (χ0n) is 16.7. The number of allylic oxidation sites excluding steroid dienone is 1. The molecule has 0 atom stereocenters. The highest BCUT2D eigenvalue weighted by Crippen LogP contribution is 2.26. The van der Waals surface area contributed by atoms with Crippen LogP contribution in [0.5, 0.6) is 0 Å². The normalized spacial score (nSPS) is 18.9. The van der Waals surface area contributed by atoms with Gasteiger partial charge in [-0.2, -0.15) is 8.42 Å². The minimum absolute atomic E-state index is 0.0701. The standard InChI is InChI=1S/C20H28N4O3S/c1-15(2)8-11-24-12-9-16(10-13-24)21-19(25)14-23(3)20-17-6-4-5-7-18(17)28(26,27)22-20/h4-8,16H,9-14H2,1-3H3,(H,21,25). The van der Waals surface area contributed by atoms with E-state index in [-0.39, 0.29) is 23.4 Å². The number of likely N-dealkylation sites (N-methyl/N-ethyl adjacent to an activating group) is 1. The van der Waals surface area contributed by atoms with Gasteiger partial charge in [0.1, 0.15) is 4.90 Å². The summed E-state index contributed by atoms with van der Waals surface area (Å²) in [6, 6.07) is 6.86. The van der Waals surface area contributed by atoms with Crippen molar-refractivity contribution in [2.75, 3.05) is 33.2 Å². The molecule has 1 saturated heterocycles. The van der Waals surface area contributed by atoms with Crippen molar-refractivity contribution in [1.82, 2.24) is 15.1 Å². The molecule has 8 heteroatoms. The third-order valence-corrected chi connectivity index (χ3v) is 6.39. The van der Waals surface area contributed by atoms with Gasteiger partial charge in [0.05, 0.1) is 6.54 Å². The Balaban J connectivity index is 1.53. The monoisotopic (exact) mass is 404 g/mol. The quantitative estimate of drug-likeness (QED) is 0.754. The van der Waals surface area contributed by atoms with E-state index in [4.69, 9.17) is 0 Å². The van der Waals surface area contributed by atoms with Crippen molar-refractivity contribution in [3.8, 4) is 0 Å². The lowest BCUT2D eigenvalue weighted by Crippen LogP contribution is -2.47. The topological polar surface area (TPSA) is 82.1 Å². The molecular weight excluding hydrogens is 376 g/mol. The number of nitrogens with one attached hydrogen (secondary N) is 1. The van der Waals surface area contributed by atoms with Crippen LogP contribution in [0, 0.1) is 0 Å². The van der Waals surface area contributed by atoms with Gasteiger partial charge in [0.25, 0.3) is 10.0 Å². The van der Waals surface area contributed by atoms with Crippen LogP contribution in [0.3, 0.4) is 0 Å². The van der Waals surface area contributed by atoms with Crippen LogP contribution < -0.4 is 5.32 Å². The number of piperidine rings is 1. The van der Waals surface area contributed by atoms with Crippen LogP contribution in [0.25, 0.3) is 0 Å². The number of amidine groups is 1.